The fourth-order valence-electron chi connectivity index (χ4n) is 4.29. The van der Waals surface area contributed by atoms with Gasteiger partial charge in [-0.3, -0.25) is 14.6 Å². The molecule has 0 heterocycles. The molecule has 3 aromatic rings. The highest BCUT2D eigenvalue weighted by Gasteiger charge is 2.23. The molecule has 1 aliphatic carbocycles. The van der Waals surface area contributed by atoms with Crippen LogP contribution in [0.1, 0.15) is 58.4 Å². The van der Waals surface area contributed by atoms with Crippen molar-refractivity contribution in [2.24, 2.45) is 4.99 Å². The number of nitrogen functional groups attached to an aromatic ring is 1. The summed E-state index contributed by atoms with van der Waals surface area (Å²) in [6.45, 7) is 0. The van der Waals surface area contributed by atoms with Gasteiger partial charge in [-0.25, -0.2) is 8.78 Å². The molecule has 2 amide bonds. The van der Waals surface area contributed by atoms with E-state index in [0.717, 1.165) is 31.2 Å². The maximum absolute atomic E-state index is 14.2. The molecule has 38 heavy (non-hydrogen) atoms. The smallest absolute Gasteiger partial charge is 0.257 e. The Kier molecular flexibility index (Phi) is 9.20. The Morgan fingerprint density at radius 2 is 1.55 bits per heavy atom. The number of hydrogen-bond donors (Lipinski definition) is 3. The molecule has 0 saturated heterocycles. The number of hydrogen-bond acceptors (Lipinski definition) is 4. The molecule has 3 aromatic carbocycles. The molecular formula is C27H29F2N4O2P3. The molecular weight excluding hydrogens is 543 g/mol. The van der Waals surface area contributed by atoms with Gasteiger partial charge in [0.2, 0.25) is 0 Å². The van der Waals surface area contributed by atoms with Crippen molar-refractivity contribution in [3.05, 3.63) is 70.8 Å². The first-order valence-electron chi connectivity index (χ1n) is 12.1. The van der Waals surface area contributed by atoms with E-state index in [1.54, 1.807) is 48.7 Å². The number of nitrogens with zero attached hydrogens (tertiary/aromatic N) is 1. The Hall–Kier alpha value is -2.78. The second kappa shape index (κ2) is 12.4. The molecule has 0 aliphatic heterocycles. The number of rotatable bonds is 6. The standard InChI is InChI=1S/C27H29F2N4O2P3/c28-21-22(29)25(38)24(37)20(23(21)36)27(35)33-17-9-6-14(7-10-17)13-31-19-12-15(8-11-18(19)30)26(34)32-16-4-2-1-3-5-16/h6-13,16H,1-5,30,36-38H2,(H,32,34)(H,33,35). The topological polar surface area (TPSA) is 96.6 Å². The highest BCUT2D eigenvalue weighted by Crippen LogP contribution is 2.24. The highest BCUT2D eigenvalue weighted by atomic mass is 31.0. The molecule has 4 N–H and O–H groups in total. The van der Waals surface area contributed by atoms with Crippen LogP contribution in [-0.4, -0.2) is 24.1 Å². The van der Waals surface area contributed by atoms with Crippen LogP contribution in [0, 0.1) is 11.6 Å². The SMILES string of the molecule is Nc1ccc(C(=O)NC2CCCCC2)cc1N=Cc1ccc(NC(=O)c2c(P)c(F)c(F)c(P)c2P)cc1. The monoisotopic (exact) mass is 572 g/mol. The van der Waals surface area contributed by atoms with Crippen LogP contribution in [0.2, 0.25) is 0 Å². The molecule has 0 bridgehead atoms. The molecule has 3 unspecified atom stereocenters. The van der Waals surface area contributed by atoms with Crippen LogP contribution < -0.4 is 32.3 Å². The number of carbonyl (C=O) groups is 2. The van der Waals surface area contributed by atoms with Gasteiger partial charge in [0.15, 0.2) is 11.6 Å². The van der Waals surface area contributed by atoms with Gasteiger partial charge in [-0.05, 0) is 54.0 Å². The maximum atomic E-state index is 14.2. The largest absolute Gasteiger partial charge is 0.397 e. The Balaban J connectivity index is 1.44. The Morgan fingerprint density at radius 1 is 0.895 bits per heavy atom. The van der Waals surface area contributed by atoms with Gasteiger partial charge in [0.1, 0.15) is 0 Å². The number of aliphatic imine (C=N–C) groups is 1. The fourth-order valence-corrected chi connectivity index (χ4v) is 5.56. The lowest BCUT2D eigenvalue weighted by Gasteiger charge is -2.22. The summed E-state index contributed by atoms with van der Waals surface area (Å²) in [5, 5.41) is 5.89. The minimum Gasteiger partial charge on any atom is -0.397 e. The molecule has 11 heteroatoms. The van der Waals surface area contributed by atoms with Crippen molar-refractivity contribution in [2.75, 3.05) is 11.1 Å². The third-order valence-corrected chi connectivity index (χ3v) is 8.52. The minimum atomic E-state index is -1.09. The van der Waals surface area contributed by atoms with Crippen LogP contribution in [-0.2, 0) is 0 Å². The van der Waals surface area contributed by atoms with Crippen molar-refractivity contribution in [3.8, 4) is 0 Å². The van der Waals surface area contributed by atoms with Crippen LogP contribution >= 0.6 is 27.7 Å². The molecule has 3 atom stereocenters. The van der Waals surface area contributed by atoms with E-state index in [1.807, 2.05) is 0 Å². The van der Waals surface area contributed by atoms with E-state index in [1.165, 1.54) is 6.42 Å². The van der Waals surface area contributed by atoms with Crippen molar-refractivity contribution in [1.82, 2.24) is 5.32 Å². The van der Waals surface area contributed by atoms with Gasteiger partial charge in [-0.1, -0.05) is 31.4 Å². The van der Waals surface area contributed by atoms with E-state index in [2.05, 4.69) is 43.3 Å². The summed E-state index contributed by atoms with van der Waals surface area (Å²) in [7, 11) is 6.48. The molecule has 4 rings (SSSR count). The number of nitrogens with two attached hydrogens (primary N) is 1. The fraction of sp³-hybridized carbons (Fsp3) is 0.222. The molecule has 6 nitrogen and oxygen atoms in total. The summed E-state index contributed by atoms with van der Waals surface area (Å²) in [4.78, 5) is 30.0. The maximum Gasteiger partial charge on any atom is 0.257 e. The first-order valence-corrected chi connectivity index (χ1v) is 13.9. The Bertz CT molecular complexity index is 1380. The molecule has 0 radical (unpaired) electrons. The lowest BCUT2D eigenvalue weighted by atomic mass is 9.95. The van der Waals surface area contributed by atoms with Crippen molar-refractivity contribution in [1.29, 1.82) is 0 Å². The van der Waals surface area contributed by atoms with Crippen LogP contribution in [0.25, 0.3) is 0 Å². The highest BCUT2D eigenvalue weighted by molar-refractivity contribution is 7.36. The number of benzene rings is 3. The van der Waals surface area contributed by atoms with Crippen molar-refractivity contribution < 1.29 is 18.4 Å². The number of amides is 2. The van der Waals surface area contributed by atoms with Crippen molar-refractivity contribution >= 4 is 78.7 Å². The second-order valence-electron chi connectivity index (χ2n) is 9.16. The van der Waals surface area contributed by atoms with E-state index in [9.17, 15) is 18.4 Å². The summed E-state index contributed by atoms with van der Waals surface area (Å²) < 4.78 is 28.1. The first-order chi connectivity index (χ1) is 18.2. The average Bonchev–Trinajstić information content (AvgIpc) is 2.91. The van der Waals surface area contributed by atoms with Gasteiger partial charge in [0.05, 0.1) is 16.9 Å². The molecule has 0 aromatic heterocycles. The Labute approximate surface area is 227 Å². The average molecular weight is 572 g/mol. The van der Waals surface area contributed by atoms with Gasteiger partial charge < -0.3 is 16.4 Å². The van der Waals surface area contributed by atoms with Gasteiger partial charge in [-0.2, -0.15) is 0 Å². The van der Waals surface area contributed by atoms with E-state index in [4.69, 9.17) is 5.73 Å². The van der Waals surface area contributed by atoms with Crippen molar-refractivity contribution in [3.63, 3.8) is 0 Å². The van der Waals surface area contributed by atoms with Crippen molar-refractivity contribution in [2.45, 2.75) is 38.1 Å². The summed E-state index contributed by atoms with van der Waals surface area (Å²) in [6.07, 6.45) is 7.08. The van der Waals surface area contributed by atoms with Gasteiger partial charge in [0, 0.05) is 34.1 Å². The summed E-state index contributed by atoms with van der Waals surface area (Å²) in [5.74, 6) is -2.80. The number of nitrogens with one attached hydrogen (secondary N) is 2. The van der Waals surface area contributed by atoms with E-state index < -0.39 is 17.5 Å². The lowest BCUT2D eigenvalue weighted by molar-refractivity contribution is 0.0927. The van der Waals surface area contributed by atoms with E-state index in [-0.39, 0.29) is 33.4 Å². The first kappa shape index (κ1) is 28.2. The van der Waals surface area contributed by atoms with Crippen LogP contribution in [0.5, 0.6) is 0 Å². The van der Waals surface area contributed by atoms with Gasteiger partial charge in [0.25, 0.3) is 11.8 Å². The molecule has 1 saturated carbocycles. The normalized spacial score (nSPS) is 14.0. The molecule has 0 spiro atoms. The van der Waals surface area contributed by atoms with E-state index >= 15 is 0 Å². The Morgan fingerprint density at radius 3 is 2.24 bits per heavy atom. The quantitative estimate of drug-likeness (QED) is 0.236. The van der Waals surface area contributed by atoms with Gasteiger partial charge in [-0.15, -0.1) is 27.7 Å². The number of halogens is 2. The predicted octanol–water partition coefficient (Wildman–Crippen LogP) is 4.11. The summed E-state index contributed by atoms with van der Waals surface area (Å²) >= 11 is 0. The third kappa shape index (κ3) is 6.43. The number of anilines is 2. The van der Waals surface area contributed by atoms with E-state index in [0.29, 0.717) is 22.6 Å². The zero-order valence-corrected chi connectivity index (χ0v) is 24.0. The summed E-state index contributed by atoms with van der Waals surface area (Å²) in [5.41, 5.74) is 8.73. The number of carbonyl (C=O) groups excluding carboxylic acids is 2. The minimum absolute atomic E-state index is 0.0229. The third-order valence-electron chi connectivity index (χ3n) is 6.48. The van der Waals surface area contributed by atoms with Crippen LogP contribution in [0.3, 0.4) is 0 Å². The summed E-state index contributed by atoms with van der Waals surface area (Å²) in [6, 6.07) is 12.1. The zero-order valence-electron chi connectivity index (χ0n) is 20.6. The van der Waals surface area contributed by atoms with Gasteiger partial charge >= 0.3 is 0 Å². The molecule has 198 valence electrons. The van der Waals surface area contributed by atoms with Crippen LogP contribution in [0.15, 0.2) is 47.5 Å². The predicted molar refractivity (Wildman–Crippen MR) is 161 cm³/mol. The lowest BCUT2D eigenvalue weighted by Crippen LogP contribution is -2.36. The molecule has 1 fully saturated rings. The zero-order chi connectivity index (χ0) is 27.4. The second-order valence-corrected chi connectivity index (χ2v) is 10.9. The van der Waals surface area contributed by atoms with Crippen LogP contribution in [0.4, 0.5) is 25.8 Å². The molecule has 1 aliphatic rings.